The van der Waals surface area contributed by atoms with E-state index in [4.69, 9.17) is 14.5 Å². The Labute approximate surface area is 203 Å². The van der Waals surface area contributed by atoms with Crippen molar-refractivity contribution in [2.24, 2.45) is 0 Å². The number of aromatic nitrogens is 3. The van der Waals surface area contributed by atoms with Crippen LogP contribution < -0.4 is 47.1 Å². The molecule has 8 heteroatoms. The standard InChI is InChI=1S/C22H27I2N3O2S/c1-14-19(13-30-22-26-17-7-4-5-8-18(17)27-22)25-12-15(20-16(23-2)11-24-20)21(14)29-10-6-9-28-3/h4-5,7-8,12,16,20H,6,9-11,13H2,1-3H3,(H,26,27)/q-2. The second-order valence-electron chi connectivity index (χ2n) is 7.10. The van der Waals surface area contributed by atoms with Gasteiger partial charge in [0.1, 0.15) is 0 Å². The Kier molecular flexibility index (Phi) is 8.15. The van der Waals surface area contributed by atoms with Crippen LogP contribution in [0.1, 0.15) is 27.2 Å². The van der Waals surface area contributed by atoms with Crippen molar-refractivity contribution >= 4 is 22.8 Å². The fourth-order valence-corrected chi connectivity index (χ4v) is 14.6. The first-order chi connectivity index (χ1) is 14.7. The average molecular weight is 651 g/mol. The molecule has 1 aromatic carbocycles. The number of ether oxygens (including phenoxy) is 2. The van der Waals surface area contributed by atoms with Crippen molar-refractivity contribution in [3.05, 3.63) is 47.3 Å². The van der Waals surface area contributed by atoms with Gasteiger partial charge in [0, 0.05) is 0 Å². The first kappa shape index (κ1) is 22.6. The van der Waals surface area contributed by atoms with E-state index in [1.54, 1.807) is 18.9 Å². The molecule has 3 heterocycles. The van der Waals surface area contributed by atoms with Crippen molar-refractivity contribution in [2.75, 3.05) is 29.7 Å². The van der Waals surface area contributed by atoms with Crippen molar-refractivity contribution in [2.45, 2.75) is 32.1 Å². The van der Waals surface area contributed by atoms with E-state index in [0.717, 1.165) is 54.3 Å². The van der Waals surface area contributed by atoms with Gasteiger partial charge in [0.2, 0.25) is 0 Å². The number of methoxy groups -OCH3 is 1. The maximum atomic E-state index is 6.34. The van der Waals surface area contributed by atoms with E-state index >= 15 is 0 Å². The number of hydrogen-bond acceptors (Lipinski definition) is 5. The molecule has 0 amide bonds. The van der Waals surface area contributed by atoms with Crippen LogP contribution in [-0.4, -0.2) is 48.6 Å². The summed E-state index contributed by atoms with van der Waals surface area (Å²) in [6.07, 6.45) is 3.02. The summed E-state index contributed by atoms with van der Waals surface area (Å²) in [4.78, 5) is 15.4. The molecule has 3 aromatic rings. The number of thioether (sulfide) groups is 1. The maximum absolute atomic E-state index is 6.34. The molecule has 5 nitrogen and oxygen atoms in total. The number of alkyl halides is 4. The van der Waals surface area contributed by atoms with Crippen LogP contribution >= 0.6 is 11.8 Å². The predicted octanol–water partition coefficient (Wildman–Crippen LogP) is -1.79. The Bertz CT molecular complexity index is 963. The van der Waals surface area contributed by atoms with Crippen molar-refractivity contribution < 1.29 is 51.9 Å². The number of hydrogen-bond donors (Lipinski definition) is 1. The topological polar surface area (TPSA) is 60.0 Å². The molecule has 1 N–H and O–H groups in total. The van der Waals surface area contributed by atoms with Crippen LogP contribution in [-0.2, 0) is 10.5 Å². The van der Waals surface area contributed by atoms with Crippen LogP contribution in [0.15, 0.2) is 35.6 Å². The zero-order chi connectivity index (χ0) is 20.9. The van der Waals surface area contributed by atoms with Crippen LogP contribution in [0.5, 0.6) is 5.75 Å². The molecule has 30 heavy (non-hydrogen) atoms. The average Bonchev–Trinajstić information content (AvgIpc) is 3.15. The number of nitrogens with zero attached hydrogens (tertiary/aromatic N) is 2. The molecule has 1 saturated heterocycles. The Morgan fingerprint density at radius 2 is 2.17 bits per heavy atom. The van der Waals surface area contributed by atoms with E-state index in [1.165, 1.54) is 15.6 Å². The quantitative estimate of drug-likeness (QED) is 0.122. The number of nitrogens with one attached hydrogen (secondary N) is 1. The van der Waals surface area contributed by atoms with E-state index in [0.29, 0.717) is 6.61 Å². The van der Waals surface area contributed by atoms with Gasteiger partial charge in [-0.2, -0.15) is 0 Å². The van der Waals surface area contributed by atoms with Crippen molar-refractivity contribution in [1.29, 1.82) is 0 Å². The number of aromatic amines is 1. The summed E-state index contributed by atoms with van der Waals surface area (Å²) in [5.41, 5.74) is 5.73. The van der Waals surface area contributed by atoms with E-state index in [-0.39, 0.29) is 42.4 Å². The molecule has 1 aliphatic heterocycles. The van der Waals surface area contributed by atoms with Crippen LogP contribution in [0.25, 0.3) is 11.0 Å². The minimum atomic E-state index is 0.243. The predicted molar refractivity (Wildman–Crippen MR) is 114 cm³/mol. The molecule has 0 saturated carbocycles. The number of pyridine rings is 1. The normalized spacial score (nSPS) is 18.9. The summed E-state index contributed by atoms with van der Waals surface area (Å²) in [5, 5.41) is 0.935. The third-order valence-electron chi connectivity index (χ3n) is 5.15. The monoisotopic (exact) mass is 651 g/mol. The first-order valence-electron chi connectivity index (χ1n) is 9.94. The Hall–Kier alpha value is -0.590. The third-order valence-corrected chi connectivity index (χ3v) is 15.8. The Balaban J connectivity index is 1.53. The zero-order valence-corrected chi connectivity index (χ0v) is 22.6. The fourth-order valence-electron chi connectivity index (χ4n) is 3.39. The third kappa shape index (κ3) is 5.07. The molecule has 2 unspecified atom stereocenters. The van der Waals surface area contributed by atoms with Gasteiger partial charge in [-0.15, -0.1) is 0 Å². The Morgan fingerprint density at radius 3 is 2.90 bits per heavy atom. The molecule has 4 rings (SSSR count). The fraction of sp³-hybridized carbons (Fsp3) is 0.455. The van der Waals surface area contributed by atoms with Gasteiger partial charge in [-0.25, -0.2) is 0 Å². The molecule has 0 spiro atoms. The second kappa shape index (κ2) is 10.8. The summed E-state index contributed by atoms with van der Waals surface area (Å²) in [6, 6.07) is 8.14. The number of halogens is 2. The molecule has 0 aliphatic carbocycles. The number of H-pyrrole nitrogens is 1. The molecule has 0 radical (unpaired) electrons. The summed E-state index contributed by atoms with van der Waals surface area (Å²) >= 11 is 2.22. The van der Waals surface area contributed by atoms with Gasteiger partial charge >= 0.3 is 204 Å². The summed E-state index contributed by atoms with van der Waals surface area (Å²) in [7, 11) is 1.74. The molecule has 2 atom stereocenters. The van der Waals surface area contributed by atoms with Crippen LogP contribution in [0.2, 0.25) is 0 Å². The minimum absolute atomic E-state index is 0.243. The molecule has 164 valence electrons. The summed E-state index contributed by atoms with van der Waals surface area (Å²) in [5.74, 6) is 1.87. The van der Waals surface area contributed by atoms with Crippen molar-refractivity contribution in [1.82, 2.24) is 15.0 Å². The van der Waals surface area contributed by atoms with Crippen LogP contribution in [0.3, 0.4) is 0 Å². The van der Waals surface area contributed by atoms with E-state index in [1.807, 2.05) is 18.2 Å². The molecule has 2 aromatic heterocycles. The zero-order valence-electron chi connectivity index (χ0n) is 17.5. The number of benzene rings is 1. The van der Waals surface area contributed by atoms with E-state index < -0.39 is 0 Å². The number of para-hydroxylation sites is 2. The molecular weight excluding hydrogens is 624 g/mol. The van der Waals surface area contributed by atoms with Gasteiger partial charge < -0.3 is 0 Å². The van der Waals surface area contributed by atoms with Gasteiger partial charge in [0.05, 0.1) is 0 Å². The number of imidazole rings is 1. The SMILES string of the molecule is COCCCOc1c(C2[I-]CC2[I-]C)cnc(CSc2nc3ccccc3[nH]2)c1C. The Morgan fingerprint density at radius 1 is 1.30 bits per heavy atom. The molecule has 0 bridgehead atoms. The number of rotatable bonds is 10. The van der Waals surface area contributed by atoms with Crippen LogP contribution in [0.4, 0.5) is 0 Å². The second-order valence-corrected chi connectivity index (χ2v) is 14.0. The summed E-state index contributed by atoms with van der Waals surface area (Å²) in [6.45, 7) is 3.59. The van der Waals surface area contributed by atoms with E-state index in [2.05, 4.69) is 34.1 Å². The van der Waals surface area contributed by atoms with Crippen LogP contribution in [0, 0.1) is 6.92 Å². The number of fused-ring (bicyclic) bond motifs is 1. The van der Waals surface area contributed by atoms with Gasteiger partial charge in [0.15, 0.2) is 0 Å². The molecular formula is C22H27I2N3O2S-2. The molecule has 1 aliphatic rings. The van der Waals surface area contributed by atoms with Gasteiger partial charge in [-0.05, 0) is 0 Å². The van der Waals surface area contributed by atoms with E-state index in [9.17, 15) is 0 Å². The summed E-state index contributed by atoms with van der Waals surface area (Å²) < 4.78 is 14.7. The first-order valence-corrected chi connectivity index (χ1v) is 17.1. The van der Waals surface area contributed by atoms with Crippen molar-refractivity contribution in [3.63, 3.8) is 0 Å². The van der Waals surface area contributed by atoms with Gasteiger partial charge in [-0.1, -0.05) is 0 Å². The van der Waals surface area contributed by atoms with Gasteiger partial charge in [-0.3, -0.25) is 0 Å². The van der Waals surface area contributed by atoms with Gasteiger partial charge in [0.25, 0.3) is 0 Å². The van der Waals surface area contributed by atoms with Crippen molar-refractivity contribution in [3.8, 4) is 5.75 Å². The molecule has 1 fully saturated rings.